The van der Waals surface area contributed by atoms with Gasteiger partial charge in [0.1, 0.15) is 18.3 Å². The molecule has 0 aliphatic rings. The monoisotopic (exact) mass is 366 g/mol. The molecule has 2 aromatic carbocycles. The molecule has 142 valence electrons. The van der Waals surface area contributed by atoms with Crippen molar-refractivity contribution in [2.45, 2.75) is 32.3 Å². The van der Waals surface area contributed by atoms with Crippen LogP contribution in [0.5, 0.6) is 0 Å². The van der Waals surface area contributed by atoms with E-state index < -0.39 is 5.97 Å². The Morgan fingerprint density at radius 3 is 2.22 bits per heavy atom. The fourth-order valence-electron chi connectivity index (χ4n) is 2.52. The summed E-state index contributed by atoms with van der Waals surface area (Å²) < 4.78 is 11.1. The number of Topliss-reactive ketones (excluding diaryl/α,β-unsaturated/α-hetero) is 1. The molecule has 0 aliphatic heterocycles. The predicted octanol–water partition coefficient (Wildman–Crippen LogP) is 4.76. The van der Waals surface area contributed by atoms with Crippen LogP contribution in [0.4, 0.5) is 0 Å². The van der Waals surface area contributed by atoms with Gasteiger partial charge in [0.25, 0.3) is 0 Å². The quantitative estimate of drug-likeness (QED) is 0.327. The van der Waals surface area contributed by atoms with Crippen LogP contribution < -0.4 is 0 Å². The highest BCUT2D eigenvalue weighted by Crippen LogP contribution is 2.20. The van der Waals surface area contributed by atoms with Gasteiger partial charge >= 0.3 is 5.97 Å². The number of esters is 1. The molecule has 27 heavy (non-hydrogen) atoms. The molecule has 0 radical (unpaired) electrons. The first-order chi connectivity index (χ1) is 13.1. The standard InChI is InChI=1S/C23H26O4/c1-19(24)18-23(25)27-17-9-8-16-26-22(21-12-6-3-7-13-21)15-14-20-10-4-2-5-11-20/h2-7,10-15,22H,8-9,16-18H2,1H3/b15-14+. The van der Waals surface area contributed by atoms with Crippen molar-refractivity contribution in [3.05, 3.63) is 77.9 Å². The summed E-state index contributed by atoms with van der Waals surface area (Å²) >= 11 is 0. The minimum atomic E-state index is -0.462. The van der Waals surface area contributed by atoms with Crippen LogP contribution in [0, 0.1) is 0 Å². The normalized spacial score (nSPS) is 12.0. The van der Waals surface area contributed by atoms with Gasteiger partial charge in [0.2, 0.25) is 0 Å². The Balaban J connectivity index is 1.80. The number of carbonyl (C=O) groups is 2. The van der Waals surface area contributed by atoms with E-state index in [0.717, 1.165) is 17.5 Å². The Morgan fingerprint density at radius 2 is 1.56 bits per heavy atom. The summed E-state index contributed by atoms with van der Waals surface area (Å²) in [7, 11) is 0. The van der Waals surface area contributed by atoms with Crippen molar-refractivity contribution in [1.29, 1.82) is 0 Å². The van der Waals surface area contributed by atoms with E-state index >= 15 is 0 Å². The van der Waals surface area contributed by atoms with Crippen molar-refractivity contribution < 1.29 is 19.1 Å². The molecule has 2 aromatic rings. The lowest BCUT2D eigenvalue weighted by Crippen LogP contribution is -2.10. The highest BCUT2D eigenvalue weighted by Gasteiger charge is 2.09. The molecule has 4 heteroatoms. The van der Waals surface area contributed by atoms with E-state index in [-0.39, 0.29) is 18.3 Å². The van der Waals surface area contributed by atoms with Crippen LogP contribution >= 0.6 is 0 Å². The average Bonchev–Trinajstić information content (AvgIpc) is 2.67. The topological polar surface area (TPSA) is 52.6 Å². The van der Waals surface area contributed by atoms with Crippen molar-refractivity contribution in [1.82, 2.24) is 0 Å². The molecule has 0 aliphatic carbocycles. The first-order valence-electron chi connectivity index (χ1n) is 9.20. The molecule has 1 atom stereocenters. The van der Waals surface area contributed by atoms with Crippen LogP contribution in [0.3, 0.4) is 0 Å². The lowest BCUT2D eigenvalue weighted by molar-refractivity contribution is -0.145. The molecule has 0 saturated heterocycles. The molecule has 0 bridgehead atoms. The number of ether oxygens (including phenoxy) is 2. The van der Waals surface area contributed by atoms with Gasteiger partial charge in [-0.05, 0) is 30.9 Å². The van der Waals surface area contributed by atoms with Crippen LogP contribution in [0.25, 0.3) is 6.08 Å². The zero-order chi connectivity index (χ0) is 19.3. The zero-order valence-electron chi connectivity index (χ0n) is 15.7. The lowest BCUT2D eigenvalue weighted by Gasteiger charge is -2.15. The summed E-state index contributed by atoms with van der Waals surface area (Å²) in [5, 5.41) is 0. The lowest BCUT2D eigenvalue weighted by atomic mass is 10.1. The minimum absolute atomic E-state index is 0.133. The summed E-state index contributed by atoms with van der Waals surface area (Å²) in [5.41, 5.74) is 2.22. The van der Waals surface area contributed by atoms with Gasteiger partial charge in [0.05, 0.1) is 6.61 Å². The maximum Gasteiger partial charge on any atom is 0.313 e. The fourth-order valence-corrected chi connectivity index (χ4v) is 2.52. The molecular weight excluding hydrogens is 340 g/mol. The second kappa shape index (κ2) is 11.8. The highest BCUT2D eigenvalue weighted by atomic mass is 16.5. The van der Waals surface area contributed by atoms with E-state index in [4.69, 9.17) is 9.47 Å². The van der Waals surface area contributed by atoms with Crippen molar-refractivity contribution in [2.24, 2.45) is 0 Å². The summed E-state index contributed by atoms with van der Waals surface area (Å²) in [4.78, 5) is 22.2. The first kappa shape index (κ1) is 20.6. The summed E-state index contributed by atoms with van der Waals surface area (Å²) in [6, 6.07) is 20.2. The van der Waals surface area contributed by atoms with Gasteiger partial charge in [-0.2, -0.15) is 0 Å². The molecule has 2 rings (SSSR count). The number of hydrogen-bond acceptors (Lipinski definition) is 4. The van der Waals surface area contributed by atoms with Crippen molar-refractivity contribution in [3.63, 3.8) is 0 Å². The fraction of sp³-hybridized carbons (Fsp3) is 0.304. The smallest absolute Gasteiger partial charge is 0.313 e. The van der Waals surface area contributed by atoms with E-state index in [1.807, 2.05) is 60.7 Å². The summed E-state index contributed by atoms with van der Waals surface area (Å²) in [6.45, 7) is 2.25. The van der Waals surface area contributed by atoms with Crippen LogP contribution in [0.2, 0.25) is 0 Å². The van der Waals surface area contributed by atoms with E-state index in [9.17, 15) is 9.59 Å². The Kier molecular flexibility index (Phi) is 9.01. The molecule has 0 heterocycles. The second-order valence-electron chi connectivity index (χ2n) is 6.28. The van der Waals surface area contributed by atoms with Gasteiger partial charge in [-0.1, -0.05) is 72.8 Å². The Hall–Kier alpha value is -2.72. The molecular formula is C23H26O4. The second-order valence-corrected chi connectivity index (χ2v) is 6.28. The Bertz CT molecular complexity index is 723. The number of benzene rings is 2. The van der Waals surface area contributed by atoms with Gasteiger partial charge in [0.15, 0.2) is 0 Å². The summed E-state index contributed by atoms with van der Waals surface area (Å²) in [5.74, 6) is -0.643. The largest absolute Gasteiger partial charge is 0.465 e. The maximum atomic E-state index is 11.3. The van der Waals surface area contributed by atoms with E-state index in [0.29, 0.717) is 19.6 Å². The van der Waals surface area contributed by atoms with Gasteiger partial charge in [-0.15, -0.1) is 0 Å². The van der Waals surface area contributed by atoms with Crippen molar-refractivity contribution in [3.8, 4) is 0 Å². The SMILES string of the molecule is CC(=O)CC(=O)OCCCCOC(/C=C/c1ccccc1)c1ccccc1. The molecule has 0 fully saturated rings. The van der Waals surface area contributed by atoms with Gasteiger partial charge in [0, 0.05) is 6.61 Å². The van der Waals surface area contributed by atoms with Gasteiger partial charge in [-0.3, -0.25) is 9.59 Å². The van der Waals surface area contributed by atoms with Crippen molar-refractivity contribution >= 4 is 17.8 Å². The minimum Gasteiger partial charge on any atom is -0.465 e. The molecule has 4 nitrogen and oxygen atoms in total. The number of carbonyl (C=O) groups excluding carboxylic acids is 2. The van der Waals surface area contributed by atoms with Crippen LogP contribution in [0.1, 0.15) is 43.4 Å². The maximum absolute atomic E-state index is 11.3. The molecule has 0 aromatic heterocycles. The van der Waals surface area contributed by atoms with Crippen molar-refractivity contribution in [2.75, 3.05) is 13.2 Å². The van der Waals surface area contributed by atoms with Crippen LogP contribution in [0.15, 0.2) is 66.7 Å². The highest BCUT2D eigenvalue weighted by molar-refractivity contribution is 5.94. The zero-order valence-corrected chi connectivity index (χ0v) is 15.7. The molecule has 1 unspecified atom stereocenters. The van der Waals surface area contributed by atoms with Gasteiger partial charge < -0.3 is 9.47 Å². The molecule has 0 spiro atoms. The summed E-state index contributed by atoms with van der Waals surface area (Å²) in [6.07, 6.45) is 5.30. The molecule has 0 N–H and O–H groups in total. The third-order valence-electron chi connectivity index (χ3n) is 3.88. The molecule has 0 amide bonds. The van der Waals surface area contributed by atoms with Crippen LogP contribution in [-0.2, 0) is 19.1 Å². The number of rotatable bonds is 11. The number of hydrogen-bond donors (Lipinski definition) is 0. The third kappa shape index (κ3) is 8.47. The van der Waals surface area contributed by atoms with E-state index in [2.05, 4.69) is 12.2 Å². The predicted molar refractivity (Wildman–Crippen MR) is 106 cm³/mol. The van der Waals surface area contributed by atoms with E-state index in [1.54, 1.807) is 0 Å². The Labute approximate surface area is 160 Å². The first-order valence-corrected chi connectivity index (χ1v) is 9.20. The Morgan fingerprint density at radius 1 is 0.926 bits per heavy atom. The van der Waals surface area contributed by atoms with Crippen LogP contribution in [-0.4, -0.2) is 25.0 Å². The molecule has 0 saturated carbocycles. The van der Waals surface area contributed by atoms with Gasteiger partial charge in [-0.25, -0.2) is 0 Å². The average molecular weight is 366 g/mol. The third-order valence-corrected chi connectivity index (χ3v) is 3.88. The number of unbranched alkanes of at least 4 members (excludes halogenated alkanes) is 1. The van der Waals surface area contributed by atoms with E-state index in [1.165, 1.54) is 6.92 Å². The number of ketones is 1.